The smallest absolute Gasteiger partial charge is 0.0591 e. The SMILES string of the molecule is CC(C)COCCNCCCC(C)Cl. The third-order valence-electron chi connectivity index (χ3n) is 1.83. The molecule has 0 saturated heterocycles. The molecule has 0 heterocycles. The van der Waals surface area contributed by atoms with Crippen LogP contribution >= 0.6 is 11.6 Å². The molecule has 0 aromatic heterocycles. The summed E-state index contributed by atoms with van der Waals surface area (Å²) in [5.41, 5.74) is 0. The molecule has 86 valence electrons. The van der Waals surface area contributed by atoms with E-state index in [1.807, 2.05) is 6.92 Å². The molecule has 0 fully saturated rings. The average Bonchev–Trinajstić information content (AvgIpc) is 2.08. The molecule has 0 aromatic carbocycles. The Kier molecular flexibility index (Phi) is 9.90. The number of halogens is 1. The van der Waals surface area contributed by atoms with E-state index in [0.29, 0.717) is 11.3 Å². The Bertz CT molecular complexity index is 104. The van der Waals surface area contributed by atoms with E-state index in [2.05, 4.69) is 19.2 Å². The Morgan fingerprint density at radius 1 is 1.21 bits per heavy atom. The van der Waals surface area contributed by atoms with Crippen LogP contribution in [0.5, 0.6) is 0 Å². The van der Waals surface area contributed by atoms with Gasteiger partial charge in [0.2, 0.25) is 0 Å². The van der Waals surface area contributed by atoms with E-state index >= 15 is 0 Å². The molecule has 3 heteroatoms. The van der Waals surface area contributed by atoms with Crippen LogP contribution in [0.3, 0.4) is 0 Å². The summed E-state index contributed by atoms with van der Waals surface area (Å²) in [6, 6.07) is 0. The van der Waals surface area contributed by atoms with Crippen molar-refractivity contribution in [1.82, 2.24) is 5.32 Å². The molecule has 0 bridgehead atoms. The number of rotatable bonds is 9. The molecule has 0 saturated carbocycles. The minimum absolute atomic E-state index is 0.300. The van der Waals surface area contributed by atoms with E-state index in [1.165, 1.54) is 0 Å². The molecule has 0 aliphatic heterocycles. The van der Waals surface area contributed by atoms with Gasteiger partial charge in [-0.3, -0.25) is 0 Å². The van der Waals surface area contributed by atoms with Gasteiger partial charge >= 0.3 is 0 Å². The van der Waals surface area contributed by atoms with Crippen molar-refractivity contribution in [2.75, 3.05) is 26.3 Å². The van der Waals surface area contributed by atoms with Crippen molar-refractivity contribution >= 4 is 11.6 Å². The van der Waals surface area contributed by atoms with Gasteiger partial charge in [0.15, 0.2) is 0 Å². The van der Waals surface area contributed by atoms with Crippen molar-refractivity contribution in [1.29, 1.82) is 0 Å². The fourth-order valence-electron chi connectivity index (χ4n) is 1.10. The maximum atomic E-state index is 5.82. The largest absolute Gasteiger partial charge is 0.380 e. The summed E-state index contributed by atoms with van der Waals surface area (Å²) < 4.78 is 5.43. The van der Waals surface area contributed by atoms with E-state index in [-0.39, 0.29) is 0 Å². The summed E-state index contributed by atoms with van der Waals surface area (Å²) in [5.74, 6) is 0.632. The van der Waals surface area contributed by atoms with Crippen molar-refractivity contribution in [2.24, 2.45) is 5.92 Å². The maximum Gasteiger partial charge on any atom is 0.0591 e. The third-order valence-corrected chi connectivity index (χ3v) is 2.05. The molecule has 0 radical (unpaired) electrons. The lowest BCUT2D eigenvalue weighted by atomic mass is 10.2. The van der Waals surface area contributed by atoms with Crippen LogP contribution in [0.25, 0.3) is 0 Å². The Labute approximate surface area is 93.4 Å². The second-order valence-corrected chi connectivity index (χ2v) is 4.89. The van der Waals surface area contributed by atoms with E-state index in [9.17, 15) is 0 Å². The van der Waals surface area contributed by atoms with Gasteiger partial charge in [-0.2, -0.15) is 0 Å². The zero-order chi connectivity index (χ0) is 10.8. The van der Waals surface area contributed by atoms with Gasteiger partial charge in [-0.15, -0.1) is 11.6 Å². The van der Waals surface area contributed by atoms with Gasteiger partial charge in [0.25, 0.3) is 0 Å². The topological polar surface area (TPSA) is 21.3 Å². The van der Waals surface area contributed by atoms with Gasteiger partial charge in [-0.05, 0) is 32.2 Å². The van der Waals surface area contributed by atoms with Crippen molar-refractivity contribution < 1.29 is 4.74 Å². The highest BCUT2D eigenvalue weighted by atomic mass is 35.5. The van der Waals surface area contributed by atoms with Crippen LogP contribution in [0, 0.1) is 5.92 Å². The van der Waals surface area contributed by atoms with Crippen LogP contribution in [-0.2, 0) is 4.74 Å². The summed E-state index contributed by atoms with van der Waals surface area (Å²) in [7, 11) is 0. The molecule has 0 aliphatic carbocycles. The van der Waals surface area contributed by atoms with Gasteiger partial charge < -0.3 is 10.1 Å². The summed E-state index contributed by atoms with van der Waals surface area (Å²) >= 11 is 5.82. The van der Waals surface area contributed by atoms with Crippen molar-refractivity contribution in [2.45, 2.75) is 39.0 Å². The van der Waals surface area contributed by atoms with E-state index in [1.54, 1.807) is 0 Å². The van der Waals surface area contributed by atoms with Gasteiger partial charge in [0.05, 0.1) is 6.61 Å². The molecule has 2 nitrogen and oxygen atoms in total. The van der Waals surface area contributed by atoms with Crippen molar-refractivity contribution in [3.05, 3.63) is 0 Å². The van der Waals surface area contributed by atoms with Crippen LogP contribution in [0.2, 0.25) is 0 Å². The van der Waals surface area contributed by atoms with Gasteiger partial charge in [0, 0.05) is 18.5 Å². The first-order chi connectivity index (χ1) is 6.63. The third kappa shape index (κ3) is 12.2. The fourth-order valence-corrected chi connectivity index (χ4v) is 1.25. The highest BCUT2D eigenvalue weighted by Gasteiger charge is 1.96. The van der Waals surface area contributed by atoms with Gasteiger partial charge in [-0.25, -0.2) is 0 Å². The van der Waals surface area contributed by atoms with Crippen molar-refractivity contribution in [3.8, 4) is 0 Å². The molecular formula is C11H24ClNO. The predicted octanol–water partition coefficient (Wildman–Crippen LogP) is 2.66. The van der Waals surface area contributed by atoms with Crippen LogP contribution in [0.1, 0.15) is 33.6 Å². The predicted molar refractivity (Wildman–Crippen MR) is 63.1 cm³/mol. The fraction of sp³-hybridized carbons (Fsp3) is 1.00. The quantitative estimate of drug-likeness (QED) is 0.478. The van der Waals surface area contributed by atoms with Crippen LogP contribution < -0.4 is 5.32 Å². The first kappa shape index (κ1) is 14.2. The lowest BCUT2D eigenvalue weighted by molar-refractivity contribution is 0.112. The van der Waals surface area contributed by atoms with Crippen LogP contribution in [0.4, 0.5) is 0 Å². The van der Waals surface area contributed by atoms with E-state index < -0.39 is 0 Å². The lowest BCUT2D eigenvalue weighted by Crippen LogP contribution is -2.22. The molecule has 1 unspecified atom stereocenters. The van der Waals surface area contributed by atoms with Crippen LogP contribution in [-0.4, -0.2) is 31.7 Å². The summed E-state index contributed by atoms with van der Waals surface area (Å²) in [4.78, 5) is 0. The standard InChI is InChI=1S/C11H24ClNO/c1-10(2)9-14-8-7-13-6-4-5-11(3)12/h10-11,13H,4-9H2,1-3H3. The first-order valence-corrected chi connectivity index (χ1v) is 5.99. The average molecular weight is 222 g/mol. The van der Waals surface area contributed by atoms with Crippen LogP contribution in [0.15, 0.2) is 0 Å². The number of hydrogen-bond donors (Lipinski definition) is 1. The molecule has 0 aliphatic rings. The molecule has 14 heavy (non-hydrogen) atoms. The normalized spacial score (nSPS) is 13.5. The highest BCUT2D eigenvalue weighted by Crippen LogP contribution is 2.01. The molecule has 1 atom stereocenters. The zero-order valence-electron chi connectivity index (χ0n) is 9.68. The number of alkyl halides is 1. The van der Waals surface area contributed by atoms with Crippen molar-refractivity contribution in [3.63, 3.8) is 0 Å². The Morgan fingerprint density at radius 3 is 2.50 bits per heavy atom. The minimum atomic E-state index is 0.300. The minimum Gasteiger partial charge on any atom is -0.380 e. The molecule has 0 rings (SSSR count). The monoisotopic (exact) mass is 221 g/mol. The maximum absolute atomic E-state index is 5.82. The first-order valence-electron chi connectivity index (χ1n) is 5.55. The molecule has 0 amide bonds. The van der Waals surface area contributed by atoms with Gasteiger partial charge in [0.1, 0.15) is 0 Å². The highest BCUT2D eigenvalue weighted by molar-refractivity contribution is 6.20. The molecular weight excluding hydrogens is 198 g/mol. The summed E-state index contributed by atoms with van der Waals surface area (Å²) in [5, 5.41) is 3.63. The Balaban J connectivity index is 2.92. The second kappa shape index (κ2) is 9.75. The second-order valence-electron chi connectivity index (χ2n) is 4.14. The van der Waals surface area contributed by atoms with E-state index in [0.717, 1.165) is 39.1 Å². The molecule has 1 N–H and O–H groups in total. The lowest BCUT2D eigenvalue weighted by Gasteiger charge is -2.08. The Morgan fingerprint density at radius 2 is 1.93 bits per heavy atom. The molecule has 0 spiro atoms. The molecule has 0 aromatic rings. The van der Waals surface area contributed by atoms with E-state index in [4.69, 9.17) is 16.3 Å². The number of hydrogen-bond acceptors (Lipinski definition) is 2. The Hall–Kier alpha value is 0.210. The number of nitrogens with one attached hydrogen (secondary N) is 1. The number of ether oxygens (including phenoxy) is 1. The zero-order valence-corrected chi connectivity index (χ0v) is 10.4. The van der Waals surface area contributed by atoms with Gasteiger partial charge in [-0.1, -0.05) is 13.8 Å². The summed E-state index contributed by atoms with van der Waals surface area (Å²) in [6.07, 6.45) is 2.23. The summed E-state index contributed by atoms with van der Waals surface area (Å²) in [6.45, 7) is 10.0.